The van der Waals surface area contributed by atoms with E-state index >= 15 is 0 Å². The van der Waals surface area contributed by atoms with Crippen LogP contribution in [-0.2, 0) is 21.9 Å². The van der Waals surface area contributed by atoms with E-state index in [-0.39, 0.29) is 23.5 Å². The standard InChI is InChI=1S/C11H21N5O3S/c1-8(12-3)5-13-10(17)6-14-20(18,19)11-7-16(4)9(2)15-11/h7-8,12,14H,5-6H2,1-4H3,(H,13,17). The number of sulfonamides is 1. The van der Waals surface area contributed by atoms with Gasteiger partial charge in [0.25, 0.3) is 10.0 Å². The summed E-state index contributed by atoms with van der Waals surface area (Å²) in [7, 11) is -0.277. The summed E-state index contributed by atoms with van der Waals surface area (Å²) >= 11 is 0. The maximum absolute atomic E-state index is 11.9. The van der Waals surface area contributed by atoms with Crippen LogP contribution in [0.3, 0.4) is 0 Å². The van der Waals surface area contributed by atoms with Crippen molar-refractivity contribution in [3.8, 4) is 0 Å². The number of nitrogens with one attached hydrogen (secondary N) is 3. The van der Waals surface area contributed by atoms with Crippen molar-refractivity contribution in [2.24, 2.45) is 7.05 Å². The topological polar surface area (TPSA) is 105 Å². The van der Waals surface area contributed by atoms with Crippen LogP contribution in [0.5, 0.6) is 0 Å². The van der Waals surface area contributed by atoms with Crippen molar-refractivity contribution in [3.05, 3.63) is 12.0 Å². The first kappa shape index (κ1) is 16.6. The first-order valence-corrected chi connectivity index (χ1v) is 7.68. The van der Waals surface area contributed by atoms with Crippen LogP contribution in [0.4, 0.5) is 0 Å². The number of imidazole rings is 1. The number of hydrogen-bond acceptors (Lipinski definition) is 5. The second-order valence-corrected chi connectivity index (χ2v) is 6.27. The van der Waals surface area contributed by atoms with E-state index in [0.29, 0.717) is 12.4 Å². The molecular weight excluding hydrogens is 282 g/mol. The van der Waals surface area contributed by atoms with E-state index in [1.165, 1.54) is 6.20 Å². The Bertz CT molecular complexity index is 547. The highest BCUT2D eigenvalue weighted by Gasteiger charge is 2.19. The third-order valence-corrected chi connectivity index (χ3v) is 4.15. The van der Waals surface area contributed by atoms with Gasteiger partial charge in [0.05, 0.1) is 6.54 Å². The Balaban J connectivity index is 2.53. The molecule has 0 aliphatic rings. The molecule has 1 rings (SSSR count). The molecule has 0 radical (unpaired) electrons. The van der Waals surface area contributed by atoms with Crippen molar-refractivity contribution in [2.45, 2.75) is 24.9 Å². The summed E-state index contributed by atoms with van der Waals surface area (Å²) < 4.78 is 27.7. The molecule has 8 nitrogen and oxygen atoms in total. The Morgan fingerprint density at radius 3 is 2.65 bits per heavy atom. The Morgan fingerprint density at radius 2 is 2.15 bits per heavy atom. The van der Waals surface area contributed by atoms with Gasteiger partial charge in [0, 0.05) is 25.8 Å². The second-order valence-electron chi connectivity index (χ2n) is 4.56. The van der Waals surface area contributed by atoms with E-state index in [1.54, 1.807) is 25.6 Å². The Morgan fingerprint density at radius 1 is 1.50 bits per heavy atom. The van der Waals surface area contributed by atoms with Crippen molar-refractivity contribution in [2.75, 3.05) is 20.1 Å². The number of nitrogens with zero attached hydrogens (tertiary/aromatic N) is 2. The number of carbonyl (C=O) groups is 1. The number of aryl methyl sites for hydroxylation is 2. The van der Waals surface area contributed by atoms with Crippen molar-refractivity contribution in [1.82, 2.24) is 24.9 Å². The van der Waals surface area contributed by atoms with E-state index < -0.39 is 10.0 Å². The normalized spacial score (nSPS) is 13.2. The SMILES string of the molecule is CNC(C)CNC(=O)CNS(=O)(=O)c1cn(C)c(C)n1. The lowest BCUT2D eigenvalue weighted by atomic mass is 10.3. The third-order valence-electron chi connectivity index (χ3n) is 2.88. The quantitative estimate of drug-likeness (QED) is 0.582. The average Bonchev–Trinajstić information content (AvgIpc) is 2.74. The van der Waals surface area contributed by atoms with Gasteiger partial charge in [-0.3, -0.25) is 4.79 Å². The first-order valence-electron chi connectivity index (χ1n) is 6.20. The van der Waals surface area contributed by atoms with E-state index in [9.17, 15) is 13.2 Å². The van der Waals surface area contributed by atoms with E-state index in [0.717, 1.165) is 0 Å². The molecule has 20 heavy (non-hydrogen) atoms. The highest BCUT2D eigenvalue weighted by molar-refractivity contribution is 7.89. The van der Waals surface area contributed by atoms with E-state index in [1.807, 2.05) is 6.92 Å². The molecule has 0 saturated carbocycles. The van der Waals surface area contributed by atoms with Crippen molar-refractivity contribution in [3.63, 3.8) is 0 Å². The molecule has 0 spiro atoms. The maximum Gasteiger partial charge on any atom is 0.260 e. The molecule has 1 aromatic rings. The summed E-state index contributed by atoms with van der Waals surface area (Å²) in [5.74, 6) is 0.195. The summed E-state index contributed by atoms with van der Waals surface area (Å²) in [5, 5.41) is 5.49. The van der Waals surface area contributed by atoms with Crippen LogP contribution in [0.25, 0.3) is 0 Å². The van der Waals surface area contributed by atoms with Gasteiger partial charge in [0.1, 0.15) is 5.82 Å². The number of aromatic nitrogens is 2. The molecule has 1 heterocycles. The monoisotopic (exact) mass is 303 g/mol. The van der Waals surface area contributed by atoms with Gasteiger partial charge in [0.2, 0.25) is 5.91 Å². The summed E-state index contributed by atoms with van der Waals surface area (Å²) in [4.78, 5) is 15.4. The van der Waals surface area contributed by atoms with Crippen LogP contribution in [0, 0.1) is 6.92 Å². The molecule has 1 unspecified atom stereocenters. The molecule has 114 valence electrons. The van der Waals surface area contributed by atoms with Crippen LogP contribution >= 0.6 is 0 Å². The van der Waals surface area contributed by atoms with Crippen LogP contribution < -0.4 is 15.4 Å². The summed E-state index contributed by atoms with van der Waals surface area (Å²) in [6.45, 7) is 3.72. The number of rotatable bonds is 7. The first-order chi connectivity index (χ1) is 9.26. The zero-order chi connectivity index (χ0) is 15.3. The number of amides is 1. The van der Waals surface area contributed by atoms with Gasteiger partial charge in [-0.1, -0.05) is 0 Å². The summed E-state index contributed by atoms with van der Waals surface area (Å²) in [6, 6.07) is 0.119. The van der Waals surface area contributed by atoms with Gasteiger partial charge in [-0.2, -0.15) is 0 Å². The minimum Gasteiger partial charge on any atom is -0.353 e. The molecular formula is C11H21N5O3S. The molecule has 0 aliphatic carbocycles. The van der Waals surface area contributed by atoms with Gasteiger partial charge >= 0.3 is 0 Å². The van der Waals surface area contributed by atoms with Crippen LogP contribution in [-0.4, -0.2) is 50.1 Å². The molecule has 0 fully saturated rings. The smallest absolute Gasteiger partial charge is 0.260 e. The summed E-state index contributed by atoms with van der Waals surface area (Å²) in [6.07, 6.45) is 1.40. The van der Waals surface area contributed by atoms with Crippen LogP contribution in [0.1, 0.15) is 12.7 Å². The highest BCUT2D eigenvalue weighted by Crippen LogP contribution is 2.06. The molecule has 3 N–H and O–H groups in total. The lowest BCUT2D eigenvalue weighted by molar-refractivity contribution is -0.120. The molecule has 1 aromatic heterocycles. The van der Waals surface area contributed by atoms with Gasteiger partial charge in [0.15, 0.2) is 5.03 Å². The van der Waals surface area contributed by atoms with Crippen LogP contribution in [0.15, 0.2) is 11.2 Å². The predicted molar refractivity (Wildman–Crippen MR) is 74.7 cm³/mol. The molecule has 0 bridgehead atoms. The van der Waals surface area contributed by atoms with E-state index in [4.69, 9.17) is 0 Å². The Labute approximate surface area is 119 Å². The minimum atomic E-state index is -3.76. The largest absolute Gasteiger partial charge is 0.353 e. The average molecular weight is 303 g/mol. The summed E-state index contributed by atoms with van der Waals surface area (Å²) in [5.41, 5.74) is 0. The maximum atomic E-state index is 11.9. The number of carbonyl (C=O) groups excluding carboxylic acids is 1. The second kappa shape index (κ2) is 6.82. The van der Waals surface area contributed by atoms with Gasteiger partial charge < -0.3 is 15.2 Å². The Kier molecular flexibility index (Phi) is 5.66. The lowest BCUT2D eigenvalue weighted by Gasteiger charge is -2.11. The van der Waals surface area contributed by atoms with E-state index in [2.05, 4.69) is 20.3 Å². The fraction of sp³-hybridized carbons (Fsp3) is 0.636. The zero-order valence-corrected chi connectivity index (χ0v) is 12.9. The highest BCUT2D eigenvalue weighted by atomic mass is 32.2. The predicted octanol–water partition coefficient (Wildman–Crippen LogP) is -1.27. The molecule has 0 aliphatic heterocycles. The van der Waals surface area contributed by atoms with Crippen LogP contribution in [0.2, 0.25) is 0 Å². The van der Waals surface area contributed by atoms with Crippen molar-refractivity contribution in [1.29, 1.82) is 0 Å². The number of hydrogen-bond donors (Lipinski definition) is 3. The molecule has 9 heteroatoms. The Hall–Kier alpha value is -1.45. The third kappa shape index (κ3) is 4.58. The molecule has 1 atom stereocenters. The van der Waals surface area contributed by atoms with Gasteiger partial charge in [-0.25, -0.2) is 18.1 Å². The molecule has 0 saturated heterocycles. The fourth-order valence-corrected chi connectivity index (χ4v) is 2.34. The number of likely N-dealkylation sites (N-methyl/N-ethyl adjacent to an activating group) is 1. The zero-order valence-electron chi connectivity index (χ0n) is 12.1. The minimum absolute atomic E-state index is 0.0890. The van der Waals surface area contributed by atoms with Gasteiger partial charge in [-0.15, -0.1) is 0 Å². The van der Waals surface area contributed by atoms with Gasteiger partial charge in [-0.05, 0) is 20.9 Å². The lowest BCUT2D eigenvalue weighted by Crippen LogP contribution is -2.42. The van der Waals surface area contributed by atoms with Crippen molar-refractivity contribution >= 4 is 15.9 Å². The fourth-order valence-electron chi connectivity index (χ4n) is 1.32. The molecule has 1 amide bonds. The van der Waals surface area contributed by atoms with Crippen molar-refractivity contribution < 1.29 is 13.2 Å². The molecule has 0 aromatic carbocycles.